The molecule has 116 valence electrons. The summed E-state index contributed by atoms with van der Waals surface area (Å²) in [4.78, 5) is 22.9. The van der Waals surface area contributed by atoms with Gasteiger partial charge < -0.3 is 19.9 Å². The van der Waals surface area contributed by atoms with E-state index in [9.17, 15) is 9.59 Å². The molecule has 0 fully saturated rings. The Hall–Kier alpha value is -1.92. The zero-order valence-corrected chi connectivity index (χ0v) is 12.1. The lowest BCUT2D eigenvalue weighted by Crippen LogP contribution is -2.31. The zero-order chi connectivity index (χ0) is 15.5. The van der Waals surface area contributed by atoms with Crippen molar-refractivity contribution in [2.24, 2.45) is 0 Å². The lowest BCUT2D eigenvalue weighted by molar-refractivity contribution is -0.123. The lowest BCUT2D eigenvalue weighted by atomic mass is 10.1. The summed E-state index contributed by atoms with van der Waals surface area (Å²) in [6.45, 7) is 2.65. The Morgan fingerprint density at radius 3 is 2.52 bits per heavy atom. The third-order valence-electron chi connectivity index (χ3n) is 2.67. The first kappa shape index (κ1) is 17.1. The molecule has 6 nitrogen and oxygen atoms in total. The molecule has 21 heavy (non-hydrogen) atoms. The van der Waals surface area contributed by atoms with Crippen LogP contribution < -0.4 is 10.1 Å². The number of rotatable bonds is 10. The molecule has 0 spiro atoms. The molecule has 0 aromatic heterocycles. The van der Waals surface area contributed by atoms with E-state index in [-0.39, 0.29) is 31.5 Å². The predicted octanol–water partition coefficient (Wildman–Crippen LogP) is 0.783. The molecule has 0 saturated carbocycles. The summed E-state index contributed by atoms with van der Waals surface area (Å²) in [5, 5.41) is 11.1. The molecule has 0 aliphatic heterocycles. The number of nitrogens with one attached hydrogen (secondary N) is 1. The van der Waals surface area contributed by atoms with Gasteiger partial charge in [-0.3, -0.25) is 9.59 Å². The quantitative estimate of drug-likeness (QED) is 0.492. The van der Waals surface area contributed by atoms with Gasteiger partial charge >= 0.3 is 0 Å². The minimum atomic E-state index is -0.253. The van der Waals surface area contributed by atoms with E-state index in [4.69, 9.17) is 14.6 Å². The highest BCUT2D eigenvalue weighted by atomic mass is 16.5. The van der Waals surface area contributed by atoms with Gasteiger partial charge in [0.05, 0.1) is 19.8 Å². The molecule has 2 N–H and O–H groups in total. The number of benzene rings is 1. The first-order chi connectivity index (χ1) is 10.2. The van der Waals surface area contributed by atoms with E-state index in [0.717, 1.165) is 0 Å². The lowest BCUT2D eigenvalue weighted by Gasteiger charge is -2.08. The normalized spacial score (nSPS) is 10.2. The van der Waals surface area contributed by atoms with Gasteiger partial charge in [0.25, 0.3) is 5.91 Å². The molecule has 0 aliphatic rings. The van der Waals surface area contributed by atoms with Crippen LogP contribution in [0.5, 0.6) is 5.75 Å². The van der Waals surface area contributed by atoms with E-state index in [1.165, 1.54) is 0 Å². The van der Waals surface area contributed by atoms with Gasteiger partial charge in [-0.1, -0.05) is 6.92 Å². The van der Waals surface area contributed by atoms with Crippen molar-refractivity contribution in [2.45, 2.75) is 13.3 Å². The Bertz CT molecular complexity index is 444. The van der Waals surface area contributed by atoms with Gasteiger partial charge in [-0.25, -0.2) is 0 Å². The number of amides is 1. The Morgan fingerprint density at radius 2 is 1.90 bits per heavy atom. The fourth-order valence-electron chi connectivity index (χ4n) is 1.57. The van der Waals surface area contributed by atoms with Crippen molar-refractivity contribution in [3.8, 4) is 5.75 Å². The van der Waals surface area contributed by atoms with Gasteiger partial charge in [0, 0.05) is 18.5 Å². The molecule has 0 atom stereocenters. The average Bonchev–Trinajstić information content (AvgIpc) is 2.52. The first-order valence-electron chi connectivity index (χ1n) is 6.88. The maximum absolute atomic E-state index is 11.5. The van der Waals surface area contributed by atoms with Gasteiger partial charge in [0.1, 0.15) is 5.75 Å². The standard InChI is InChI=1S/C15H21NO5/c1-2-14(18)12-3-5-13(6-4-12)21-11-15(19)16-7-9-20-10-8-17/h3-6,17H,2,7-11H2,1H3,(H,16,19). The van der Waals surface area contributed by atoms with E-state index in [1.807, 2.05) is 0 Å². The van der Waals surface area contributed by atoms with Crippen molar-refractivity contribution < 1.29 is 24.2 Å². The van der Waals surface area contributed by atoms with Crippen molar-refractivity contribution in [3.63, 3.8) is 0 Å². The minimum absolute atomic E-state index is 0.0341. The van der Waals surface area contributed by atoms with E-state index in [0.29, 0.717) is 30.9 Å². The van der Waals surface area contributed by atoms with Crippen molar-refractivity contribution in [1.29, 1.82) is 0 Å². The van der Waals surface area contributed by atoms with Crippen LogP contribution in [0.25, 0.3) is 0 Å². The zero-order valence-electron chi connectivity index (χ0n) is 12.1. The Balaban J connectivity index is 2.25. The number of ketones is 1. The van der Waals surface area contributed by atoms with Crippen LogP contribution in [0.1, 0.15) is 23.7 Å². The second-order valence-corrected chi connectivity index (χ2v) is 4.28. The maximum Gasteiger partial charge on any atom is 0.258 e. The molecule has 0 bridgehead atoms. The van der Waals surface area contributed by atoms with Gasteiger partial charge in [-0.15, -0.1) is 0 Å². The van der Waals surface area contributed by atoms with Gasteiger partial charge in [-0.2, -0.15) is 0 Å². The molecule has 0 heterocycles. The largest absolute Gasteiger partial charge is 0.484 e. The maximum atomic E-state index is 11.5. The number of hydrogen-bond acceptors (Lipinski definition) is 5. The summed E-state index contributed by atoms with van der Waals surface area (Å²) in [5.74, 6) is 0.354. The van der Waals surface area contributed by atoms with Crippen LogP contribution in [0.3, 0.4) is 0 Å². The highest BCUT2D eigenvalue weighted by Gasteiger charge is 2.05. The van der Waals surface area contributed by atoms with Crippen LogP contribution in [0.2, 0.25) is 0 Å². The third kappa shape index (κ3) is 6.87. The molecule has 1 aromatic rings. The van der Waals surface area contributed by atoms with Crippen LogP contribution >= 0.6 is 0 Å². The minimum Gasteiger partial charge on any atom is -0.484 e. The summed E-state index contributed by atoms with van der Waals surface area (Å²) < 4.78 is 10.3. The smallest absolute Gasteiger partial charge is 0.258 e. The monoisotopic (exact) mass is 295 g/mol. The topological polar surface area (TPSA) is 84.9 Å². The molecule has 1 aromatic carbocycles. The van der Waals surface area contributed by atoms with Gasteiger partial charge in [-0.05, 0) is 24.3 Å². The van der Waals surface area contributed by atoms with E-state index in [2.05, 4.69) is 5.32 Å². The van der Waals surface area contributed by atoms with Crippen LogP contribution in [0.4, 0.5) is 0 Å². The summed E-state index contributed by atoms with van der Waals surface area (Å²) in [5.41, 5.74) is 0.635. The third-order valence-corrected chi connectivity index (χ3v) is 2.67. The number of carbonyl (C=O) groups is 2. The SMILES string of the molecule is CCC(=O)c1ccc(OCC(=O)NCCOCCO)cc1. The van der Waals surface area contributed by atoms with Crippen LogP contribution in [0, 0.1) is 0 Å². The highest BCUT2D eigenvalue weighted by molar-refractivity contribution is 5.95. The van der Waals surface area contributed by atoms with Crippen molar-refractivity contribution in [1.82, 2.24) is 5.32 Å². The number of aliphatic hydroxyl groups excluding tert-OH is 1. The summed E-state index contributed by atoms with van der Waals surface area (Å²) >= 11 is 0. The highest BCUT2D eigenvalue weighted by Crippen LogP contribution is 2.13. The number of hydrogen-bond donors (Lipinski definition) is 2. The number of aliphatic hydroxyl groups is 1. The number of carbonyl (C=O) groups excluding carboxylic acids is 2. The predicted molar refractivity (Wildman–Crippen MR) is 77.5 cm³/mol. The van der Waals surface area contributed by atoms with Gasteiger partial charge in [0.15, 0.2) is 12.4 Å². The van der Waals surface area contributed by atoms with Crippen molar-refractivity contribution >= 4 is 11.7 Å². The Kier molecular flexibility index (Phi) is 8.08. The molecular weight excluding hydrogens is 274 g/mol. The second kappa shape index (κ2) is 9.90. The molecule has 0 radical (unpaired) electrons. The van der Waals surface area contributed by atoms with Crippen molar-refractivity contribution in [3.05, 3.63) is 29.8 Å². The van der Waals surface area contributed by atoms with Crippen LogP contribution in [-0.2, 0) is 9.53 Å². The molecule has 6 heteroatoms. The number of Topliss-reactive ketones (excluding diaryl/α,β-unsaturated/α-hetero) is 1. The molecule has 0 saturated heterocycles. The molecule has 0 aliphatic carbocycles. The summed E-state index contributed by atoms with van der Waals surface area (Å²) in [6, 6.07) is 6.70. The van der Waals surface area contributed by atoms with E-state index >= 15 is 0 Å². The molecule has 1 rings (SSSR count). The second-order valence-electron chi connectivity index (χ2n) is 4.28. The first-order valence-corrected chi connectivity index (χ1v) is 6.88. The van der Waals surface area contributed by atoms with Crippen molar-refractivity contribution in [2.75, 3.05) is 33.0 Å². The molecule has 1 amide bonds. The fourth-order valence-corrected chi connectivity index (χ4v) is 1.57. The summed E-state index contributed by atoms with van der Waals surface area (Å²) in [6.07, 6.45) is 0.459. The van der Waals surface area contributed by atoms with Crippen LogP contribution in [0.15, 0.2) is 24.3 Å². The van der Waals surface area contributed by atoms with E-state index < -0.39 is 0 Å². The van der Waals surface area contributed by atoms with Gasteiger partial charge in [0.2, 0.25) is 0 Å². The molecule has 0 unspecified atom stereocenters. The molecular formula is C15H21NO5. The summed E-state index contributed by atoms with van der Waals surface area (Å²) in [7, 11) is 0. The Labute approximate surface area is 124 Å². The number of ether oxygens (including phenoxy) is 2. The Morgan fingerprint density at radius 1 is 1.19 bits per heavy atom. The average molecular weight is 295 g/mol. The van der Waals surface area contributed by atoms with E-state index in [1.54, 1.807) is 31.2 Å². The van der Waals surface area contributed by atoms with Crippen LogP contribution in [-0.4, -0.2) is 49.8 Å². The fraction of sp³-hybridized carbons (Fsp3) is 0.467.